The van der Waals surface area contributed by atoms with Gasteiger partial charge in [0.05, 0.1) is 18.1 Å². The molecule has 6 heteroatoms. The summed E-state index contributed by atoms with van der Waals surface area (Å²) < 4.78 is 0. The van der Waals surface area contributed by atoms with Gasteiger partial charge in [-0.2, -0.15) is 15.3 Å². The molecule has 1 saturated heterocycles. The van der Waals surface area contributed by atoms with Crippen molar-refractivity contribution in [1.82, 2.24) is 25.3 Å². The van der Waals surface area contributed by atoms with Gasteiger partial charge in [-0.3, -0.25) is 9.89 Å². The average Bonchev–Trinajstić information content (AvgIpc) is 3.28. The van der Waals surface area contributed by atoms with E-state index in [1.54, 1.807) is 18.5 Å². The molecule has 1 aromatic carbocycles. The maximum atomic E-state index is 13.1. The van der Waals surface area contributed by atoms with Crippen molar-refractivity contribution in [1.29, 1.82) is 0 Å². The van der Waals surface area contributed by atoms with E-state index >= 15 is 0 Å². The summed E-state index contributed by atoms with van der Waals surface area (Å²) in [6, 6.07) is 14.3. The molecule has 1 N–H and O–H groups in total. The zero-order valence-electron chi connectivity index (χ0n) is 14.8. The predicted octanol–water partition coefficient (Wildman–Crippen LogP) is 3.27. The van der Waals surface area contributed by atoms with E-state index in [2.05, 4.69) is 58.5 Å². The smallest absolute Gasteiger partial charge is 0.272 e. The first kappa shape index (κ1) is 16.4. The van der Waals surface area contributed by atoms with Crippen molar-refractivity contribution in [2.24, 2.45) is 0 Å². The monoisotopic (exact) mass is 347 g/mol. The molecule has 0 spiro atoms. The van der Waals surface area contributed by atoms with E-state index in [9.17, 15) is 4.79 Å². The molecule has 2 aromatic heterocycles. The second kappa shape index (κ2) is 6.71. The lowest BCUT2D eigenvalue weighted by atomic mass is 9.92. The number of carbonyl (C=O) groups is 1. The second-order valence-corrected chi connectivity index (χ2v) is 6.85. The Morgan fingerprint density at radius 2 is 1.96 bits per heavy atom. The highest BCUT2D eigenvalue weighted by molar-refractivity contribution is 5.94. The highest BCUT2D eigenvalue weighted by Gasteiger charge is 2.40. The van der Waals surface area contributed by atoms with Crippen molar-refractivity contribution in [3.05, 3.63) is 66.1 Å². The van der Waals surface area contributed by atoms with Crippen molar-refractivity contribution in [3.63, 3.8) is 0 Å². The zero-order valence-corrected chi connectivity index (χ0v) is 14.8. The Morgan fingerprint density at radius 3 is 2.69 bits per heavy atom. The first-order chi connectivity index (χ1) is 12.6. The Kier molecular flexibility index (Phi) is 4.24. The summed E-state index contributed by atoms with van der Waals surface area (Å²) in [5, 5.41) is 14.8. The van der Waals surface area contributed by atoms with Crippen LogP contribution in [0.4, 0.5) is 0 Å². The largest absolute Gasteiger partial charge is 0.331 e. The van der Waals surface area contributed by atoms with Gasteiger partial charge >= 0.3 is 0 Å². The van der Waals surface area contributed by atoms with E-state index in [1.165, 1.54) is 5.56 Å². The lowest BCUT2D eigenvalue weighted by molar-refractivity contribution is 0.0682. The van der Waals surface area contributed by atoms with Crippen molar-refractivity contribution in [3.8, 4) is 11.3 Å². The number of rotatable bonds is 3. The number of aromatic nitrogens is 4. The summed E-state index contributed by atoms with van der Waals surface area (Å²) in [5.41, 5.74) is 3.32. The molecule has 1 fully saturated rings. The summed E-state index contributed by atoms with van der Waals surface area (Å²) in [6.07, 6.45) is 4.21. The molecule has 0 saturated carbocycles. The van der Waals surface area contributed by atoms with Gasteiger partial charge in [-0.1, -0.05) is 30.3 Å². The minimum Gasteiger partial charge on any atom is -0.331 e. The number of aromatic amines is 1. The van der Waals surface area contributed by atoms with Gasteiger partial charge in [0.15, 0.2) is 0 Å². The number of nitrogens with zero attached hydrogens (tertiary/aromatic N) is 4. The van der Waals surface area contributed by atoms with Crippen LogP contribution in [-0.2, 0) is 0 Å². The molecule has 4 rings (SSSR count). The minimum atomic E-state index is -0.0100. The Balaban J connectivity index is 1.57. The number of hydrogen-bond acceptors (Lipinski definition) is 4. The molecule has 3 heterocycles. The predicted molar refractivity (Wildman–Crippen MR) is 98.5 cm³/mol. The quantitative estimate of drug-likeness (QED) is 0.789. The highest BCUT2D eigenvalue weighted by atomic mass is 16.2. The lowest BCUT2D eigenvalue weighted by Crippen LogP contribution is -2.39. The first-order valence-electron chi connectivity index (χ1n) is 8.85. The van der Waals surface area contributed by atoms with Gasteiger partial charge in [0.1, 0.15) is 5.69 Å². The number of benzene rings is 1. The van der Waals surface area contributed by atoms with Gasteiger partial charge in [0.25, 0.3) is 5.91 Å². The van der Waals surface area contributed by atoms with Gasteiger partial charge < -0.3 is 4.90 Å². The van der Waals surface area contributed by atoms with Crippen molar-refractivity contribution < 1.29 is 4.79 Å². The Hall–Kier alpha value is -3.02. The molecule has 3 aromatic rings. The summed E-state index contributed by atoms with van der Waals surface area (Å²) in [7, 11) is 0. The van der Waals surface area contributed by atoms with Gasteiger partial charge in [0, 0.05) is 23.6 Å². The zero-order chi connectivity index (χ0) is 18.1. The SMILES string of the molecule is CC1CC(c2ccccc2)C(C)N1C(=O)c1cc(-c2ccnnc2)n[nH]1. The lowest BCUT2D eigenvalue weighted by Gasteiger charge is -2.27. The Bertz CT molecular complexity index is 893. The standard InChI is InChI=1S/C20H21N5O/c1-13-10-17(15-6-4-3-5-7-15)14(2)25(13)20(26)19-11-18(23-24-19)16-8-9-21-22-12-16/h3-9,11-14,17H,10H2,1-2H3,(H,23,24). The Labute approximate surface area is 152 Å². The number of hydrogen-bond donors (Lipinski definition) is 1. The number of likely N-dealkylation sites (tertiary alicyclic amines) is 1. The summed E-state index contributed by atoms with van der Waals surface area (Å²) in [6.45, 7) is 4.24. The molecular formula is C20H21N5O. The van der Waals surface area contributed by atoms with Crippen LogP contribution in [0.5, 0.6) is 0 Å². The topological polar surface area (TPSA) is 74.8 Å². The van der Waals surface area contributed by atoms with Gasteiger partial charge in [-0.15, -0.1) is 0 Å². The molecular weight excluding hydrogens is 326 g/mol. The molecule has 3 unspecified atom stereocenters. The third kappa shape index (κ3) is 2.87. The minimum absolute atomic E-state index is 0.0100. The molecule has 3 atom stereocenters. The van der Waals surface area contributed by atoms with Crippen molar-refractivity contribution in [2.45, 2.75) is 38.3 Å². The van der Waals surface area contributed by atoms with E-state index < -0.39 is 0 Å². The van der Waals surface area contributed by atoms with Crippen LogP contribution in [0.3, 0.4) is 0 Å². The van der Waals surface area contributed by atoms with Crippen LogP contribution >= 0.6 is 0 Å². The third-order valence-corrected chi connectivity index (χ3v) is 5.24. The van der Waals surface area contributed by atoms with Crippen LogP contribution in [-0.4, -0.2) is 43.3 Å². The maximum Gasteiger partial charge on any atom is 0.272 e. The number of carbonyl (C=O) groups excluding carboxylic acids is 1. The maximum absolute atomic E-state index is 13.1. The molecule has 0 radical (unpaired) electrons. The average molecular weight is 347 g/mol. The fraction of sp³-hybridized carbons (Fsp3) is 0.300. The fourth-order valence-corrected chi connectivity index (χ4v) is 3.93. The van der Waals surface area contributed by atoms with Crippen LogP contribution in [0.1, 0.15) is 42.2 Å². The normalized spacial score (nSPS) is 22.5. The van der Waals surface area contributed by atoms with E-state index in [0.29, 0.717) is 17.3 Å². The molecule has 0 bridgehead atoms. The molecule has 1 aliphatic heterocycles. The van der Waals surface area contributed by atoms with Gasteiger partial charge in [-0.25, -0.2) is 0 Å². The van der Waals surface area contributed by atoms with Crippen LogP contribution in [0.25, 0.3) is 11.3 Å². The van der Waals surface area contributed by atoms with E-state index in [-0.39, 0.29) is 18.0 Å². The molecule has 1 aliphatic rings. The number of H-pyrrole nitrogens is 1. The van der Waals surface area contributed by atoms with Crippen LogP contribution in [0.15, 0.2) is 54.9 Å². The van der Waals surface area contributed by atoms with E-state index in [1.807, 2.05) is 17.0 Å². The summed E-state index contributed by atoms with van der Waals surface area (Å²) in [4.78, 5) is 15.1. The van der Waals surface area contributed by atoms with E-state index in [4.69, 9.17) is 0 Å². The highest BCUT2D eigenvalue weighted by Crippen LogP contribution is 2.38. The molecule has 0 aliphatic carbocycles. The number of nitrogens with one attached hydrogen (secondary N) is 1. The van der Waals surface area contributed by atoms with Crippen LogP contribution in [0, 0.1) is 0 Å². The fourth-order valence-electron chi connectivity index (χ4n) is 3.93. The molecule has 6 nitrogen and oxygen atoms in total. The summed E-state index contributed by atoms with van der Waals surface area (Å²) >= 11 is 0. The van der Waals surface area contributed by atoms with Crippen LogP contribution < -0.4 is 0 Å². The second-order valence-electron chi connectivity index (χ2n) is 6.85. The van der Waals surface area contributed by atoms with Gasteiger partial charge in [-0.05, 0) is 38.0 Å². The molecule has 1 amide bonds. The van der Waals surface area contributed by atoms with E-state index in [0.717, 1.165) is 12.0 Å². The van der Waals surface area contributed by atoms with Crippen LogP contribution in [0.2, 0.25) is 0 Å². The molecule has 26 heavy (non-hydrogen) atoms. The third-order valence-electron chi connectivity index (χ3n) is 5.24. The van der Waals surface area contributed by atoms with Crippen molar-refractivity contribution >= 4 is 5.91 Å². The first-order valence-corrected chi connectivity index (χ1v) is 8.85. The Morgan fingerprint density at radius 1 is 1.15 bits per heavy atom. The molecule has 132 valence electrons. The van der Waals surface area contributed by atoms with Crippen molar-refractivity contribution in [2.75, 3.05) is 0 Å². The summed E-state index contributed by atoms with van der Waals surface area (Å²) in [5.74, 6) is 0.339. The van der Waals surface area contributed by atoms with Gasteiger partial charge in [0.2, 0.25) is 0 Å². The number of amides is 1.